The standard InChI is InChI=1S/C14H19N5O.2ClH/c1-9(15-3)8-16-14(20)12-6-4-5-11(7-12)13-17-10(2)18-19-13;;/h4-7,9,15H,8H2,1-3H3,(H,16,20)(H,17,18,19);2*1H. The highest BCUT2D eigenvalue weighted by atomic mass is 35.5. The number of carbonyl (C=O) groups excluding carboxylic acids is 1. The lowest BCUT2D eigenvalue weighted by atomic mass is 10.1. The van der Waals surface area contributed by atoms with Crippen LogP contribution in [0.25, 0.3) is 11.4 Å². The Morgan fingerprint density at radius 3 is 2.68 bits per heavy atom. The van der Waals surface area contributed by atoms with Crippen LogP contribution in [0.4, 0.5) is 0 Å². The Morgan fingerprint density at radius 2 is 2.09 bits per heavy atom. The highest BCUT2D eigenvalue weighted by Crippen LogP contribution is 2.16. The number of hydrogen-bond donors (Lipinski definition) is 3. The van der Waals surface area contributed by atoms with Gasteiger partial charge >= 0.3 is 0 Å². The molecule has 2 aromatic rings. The van der Waals surface area contributed by atoms with Crippen LogP contribution in [0.15, 0.2) is 24.3 Å². The van der Waals surface area contributed by atoms with Crippen molar-refractivity contribution in [2.24, 2.45) is 0 Å². The molecule has 0 spiro atoms. The first kappa shape index (κ1) is 20.4. The largest absolute Gasteiger partial charge is 0.350 e. The Bertz CT molecular complexity index is 602. The van der Waals surface area contributed by atoms with Crippen molar-refractivity contribution in [3.63, 3.8) is 0 Å². The predicted molar refractivity (Wildman–Crippen MR) is 91.9 cm³/mol. The lowest BCUT2D eigenvalue weighted by molar-refractivity contribution is 0.0950. The smallest absolute Gasteiger partial charge is 0.251 e. The molecular weight excluding hydrogens is 325 g/mol. The summed E-state index contributed by atoms with van der Waals surface area (Å²) in [4.78, 5) is 16.3. The molecule has 0 saturated carbocycles. The minimum atomic E-state index is -0.0961. The van der Waals surface area contributed by atoms with E-state index in [0.29, 0.717) is 17.9 Å². The summed E-state index contributed by atoms with van der Waals surface area (Å²) < 4.78 is 0. The molecule has 1 heterocycles. The fourth-order valence-electron chi connectivity index (χ4n) is 1.72. The van der Waals surface area contributed by atoms with Gasteiger partial charge in [0.15, 0.2) is 5.82 Å². The van der Waals surface area contributed by atoms with E-state index < -0.39 is 0 Å². The lowest BCUT2D eigenvalue weighted by Gasteiger charge is -2.11. The van der Waals surface area contributed by atoms with Gasteiger partial charge < -0.3 is 10.6 Å². The first-order chi connectivity index (χ1) is 9.60. The zero-order chi connectivity index (χ0) is 14.5. The van der Waals surface area contributed by atoms with Gasteiger partial charge in [-0.1, -0.05) is 12.1 Å². The van der Waals surface area contributed by atoms with Crippen LogP contribution in [-0.2, 0) is 0 Å². The molecule has 1 amide bonds. The number of carbonyl (C=O) groups is 1. The highest BCUT2D eigenvalue weighted by molar-refractivity contribution is 5.95. The zero-order valence-corrected chi connectivity index (χ0v) is 14.3. The van der Waals surface area contributed by atoms with Crippen molar-refractivity contribution in [1.29, 1.82) is 0 Å². The maximum Gasteiger partial charge on any atom is 0.251 e. The second-order valence-corrected chi connectivity index (χ2v) is 4.72. The van der Waals surface area contributed by atoms with Gasteiger partial charge in [0.1, 0.15) is 5.82 Å². The SMILES string of the molecule is CNC(C)CNC(=O)c1cccc(-c2n[nH]c(C)n2)c1.Cl.Cl. The van der Waals surface area contributed by atoms with Crippen molar-refractivity contribution in [1.82, 2.24) is 25.8 Å². The number of rotatable bonds is 5. The van der Waals surface area contributed by atoms with E-state index in [1.165, 1.54) is 0 Å². The van der Waals surface area contributed by atoms with Gasteiger partial charge in [0.05, 0.1) is 0 Å². The molecule has 0 radical (unpaired) electrons. The summed E-state index contributed by atoms with van der Waals surface area (Å²) in [6, 6.07) is 7.52. The molecule has 0 aliphatic heterocycles. The Hall–Kier alpha value is -1.63. The molecule has 0 saturated heterocycles. The van der Waals surface area contributed by atoms with Gasteiger partial charge in [-0.15, -0.1) is 24.8 Å². The first-order valence-corrected chi connectivity index (χ1v) is 6.55. The normalized spacial score (nSPS) is 11.0. The summed E-state index contributed by atoms with van der Waals surface area (Å²) in [5.41, 5.74) is 1.43. The van der Waals surface area contributed by atoms with E-state index in [2.05, 4.69) is 25.8 Å². The summed E-state index contributed by atoms with van der Waals surface area (Å²) in [7, 11) is 1.86. The van der Waals surface area contributed by atoms with E-state index in [1.807, 2.05) is 33.0 Å². The number of aromatic nitrogens is 3. The van der Waals surface area contributed by atoms with Crippen LogP contribution >= 0.6 is 24.8 Å². The average Bonchev–Trinajstić information content (AvgIpc) is 2.91. The Balaban J connectivity index is 0.00000220. The molecule has 0 aliphatic rings. The predicted octanol–water partition coefficient (Wildman–Crippen LogP) is 1.96. The number of H-pyrrole nitrogens is 1. The maximum absolute atomic E-state index is 12.1. The molecule has 8 heteroatoms. The van der Waals surface area contributed by atoms with E-state index in [-0.39, 0.29) is 36.8 Å². The van der Waals surface area contributed by atoms with E-state index in [0.717, 1.165) is 11.4 Å². The molecule has 6 nitrogen and oxygen atoms in total. The van der Waals surface area contributed by atoms with Crippen molar-refractivity contribution >= 4 is 30.7 Å². The number of aromatic amines is 1. The lowest BCUT2D eigenvalue weighted by Crippen LogP contribution is -2.37. The molecule has 1 aromatic heterocycles. The summed E-state index contributed by atoms with van der Waals surface area (Å²) in [5.74, 6) is 1.25. The minimum Gasteiger partial charge on any atom is -0.350 e. The number of halogens is 2. The average molecular weight is 346 g/mol. The van der Waals surface area contributed by atoms with Crippen molar-refractivity contribution in [2.45, 2.75) is 19.9 Å². The summed E-state index contributed by atoms with van der Waals surface area (Å²) in [5, 5.41) is 12.8. The zero-order valence-electron chi connectivity index (χ0n) is 12.7. The van der Waals surface area contributed by atoms with Crippen LogP contribution < -0.4 is 10.6 Å². The third-order valence-corrected chi connectivity index (χ3v) is 3.04. The number of benzene rings is 1. The molecule has 1 aromatic carbocycles. The van der Waals surface area contributed by atoms with Crippen molar-refractivity contribution in [3.8, 4) is 11.4 Å². The fourth-order valence-corrected chi connectivity index (χ4v) is 1.72. The molecule has 2 rings (SSSR count). The molecule has 3 N–H and O–H groups in total. The summed E-state index contributed by atoms with van der Waals surface area (Å²) in [6.07, 6.45) is 0. The molecule has 1 atom stereocenters. The molecule has 0 fully saturated rings. The van der Waals surface area contributed by atoms with Gasteiger partial charge in [-0.05, 0) is 33.0 Å². The van der Waals surface area contributed by atoms with Crippen LogP contribution in [0.5, 0.6) is 0 Å². The summed E-state index contributed by atoms with van der Waals surface area (Å²) in [6.45, 7) is 4.43. The van der Waals surface area contributed by atoms with E-state index in [9.17, 15) is 4.79 Å². The van der Waals surface area contributed by atoms with Crippen LogP contribution in [0.2, 0.25) is 0 Å². The van der Waals surface area contributed by atoms with Crippen molar-refractivity contribution in [2.75, 3.05) is 13.6 Å². The highest BCUT2D eigenvalue weighted by Gasteiger charge is 2.10. The van der Waals surface area contributed by atoms with E-state index in [1.54, 1.807) is 12.1 Å². The van der Waals surface area contributed by atoms with Crippen LogP contribution in [0.1, 0.15) is 23.1 Å². The number of nitrogens with one attached hydrogen (secondary N) is 3. The molecule has 0 aliphatic carbocycles. The number of aryl methyl sites for hydroxylation is 1. The fraction of sp³-hybridized carbons (Fsp3) is 0.357. The Morgan fingerprint density at radius 1 is 1.36 bits per heavy atom. The van der Waals surface area contributed by atoms with E-state index in [4.69, 9.17) is 0 Å². The van der Waals surface area contributed by atoms with Crippen molar-refractivity contribution < 1.29 is 4.79 Å². The first-order valence-electron chi connectivity index (χ1n) is 6.55. The van der Waals surface area contributed by atoms with Gasteiger partial charge in [0, 0.05) is 23.7 Å². The summed E-state index contributed by atoms with van der Waals surface area (Å²) >= 11 is 0. The second-order valence-electron chi connectivity index (χ2n) is 4.72. The molecule has 1 unspecified atom stereocenters. The quantitative estimate of drug-likeness (QED) is 0.773. The number of likely N-dealkylation sites (N-methyl/N-ethyl adjacent to an activating group) is 1. The minimum absolute atomic E-state index is 0. The molecule has 22 heavy (non-hydrogen) atoms. The number of amides is 1. The second kappa shape index (κ2) is 9.40. The molecule has 0 bridgehead atoms. The molecular formula is C14H21Cl2N5O. The number of nitrogens with zero attached hydrogens (tertiary/aromatic N) is 2. The van der Waals surface area contributed by atoms with Crippen LogP contribution in [0, 0.1) is 6.92 Å². The van der Waals surface area contributed by atoms with E-state index >= 15 is 0 Å². The van der Waals surface area contributed by atoms with Gasteiger partial charge in [-0.3, -0.25) is 9.89 Å². The topological polar surface area (TPSA) is 82.7 Å². The Labute approximate surface area is 142 Å². The number of hydrogen-bond acceptors (Lipinski definition) is 4. The third kappa shape index (κ3) is 5.29. The van der Waals surface area contributed by atoms with Gasteiger partial charge in [0.2, 0.25) is 0 Å². The third-order valence-electron chi connectivity index (χ3n) is 3.04. The maximum atomic E-state index is 12.1. The van der Waals surface area contributed by atoms with Gasteiger partial charge in [0.25, 0.3) is 5.91 Å². The molecule has 122 valence electrons. The van der Waals surface area contributed by atoms with Gasteiger partial charge in [-0.2, -0.15) is 5.10 Å². The van der Waals surface area contributed by atoms with Crippen LogP contribution in [0.3, 0.4) is 0 Å². The van der Waals surface area contributed by atoms with Crippen molar-refractivity contribution in [3.05, 3.63) is 35.7 Å². The van der Waals surface area contributed by atoms with Crippen LogP contribution in [-0.4, -0.2) is 40.7 Å². The monoisotopic (exact) mass is 345 g/mol. The Kier molecular flexibility index (Phi) is 8.70. The van der Waals surface area contributed by atoms with Gasteiger partial charge in [-0.25, -0.2) is 4.98 Å².